The Morgan fingerprint density at radius 2 is 2.32 bits per heavy atom. The van der Waals surface area contributed by atoms with Gasteiger partial charge in [0.05, 0.1) is 23.1 Å². The predicted molar refractivity (Wildman–Crippen MR) is 71.9 cm³/mol. The van der Waals surface area contributed by atoms with Gasteiger partial charge in [0.15, 0.2) is 0 Å². The zero-order chi connectivity index (χ0) is 13.5. The molecule has 1 atom stereocenters. The number of nitrogens with zero attached hydrogens (tertiary/aromatic N) is 3. The molecule has 3 heterocycles. The second-order valence-electron chi connectivity index (χ2n) is 5.93. The number of aromatic nitrogens is 2. The third kappa shape index (κ3) is 2.55. The Kier molecular flexibility index (Phi) is 3.37. The fraction of sp³-hybridized carbons (Fsp3) is 0.786. The van der Waals surface area contributed by atoms with Crippen LogP contribution in [0.25, 0.3) is 0 Å². The van der Waals surface area contributed by atoms with Crippen LogP contribution in [0.4, 0.5) is 0 Å². The van der Waals surface area contributed by atoms with Crippen LogP contribution in [0.1, 0.15) is 24.2 Å². The summed E-state index contributed by atoms with van der Waals surface area (Å²) < 4.78 is 13.5. The van der Waals surface area contributed by atoms with E-state index in [2.05, 4.69) is 16.1 Å². The van der Waals surface area contributed by atoms with Crippen LogP contribution in [0, 0.1) is 6.92 Å². The van der Waals surface area contributed by atoms with Gasteiger partial charge in [0, 0.05) is 46.8 Å². The van der Waals surface area contributed by atoms with Gasteiger partial charge in [-0.15, -0.1) is 0 Å². The van der Waals surface area contributed by atoms with Crippen LogP contribution < -0.4 is 0 Å². The van der Waals surface area contributed by atoms with Gasteiger partial charge in [-0.05, 0) is 19.4 Å². The van der Waals surface area contributed by atoms with Crippen molar-refractivity contribution in [2.24, 2.45) is 7.05 Å². The molecule has 2 aliphatic heterocycles. The lowest BCUT2D eigenvalue weighted by atomic mass is 9.84. The van der Waals surface area contributed by atoms with E-state index in [1.165, 1.54) is 5.69 Å². The van der Waals surface area contributed by atoms with E-state index in [-0.39, 0.29) is 5.60 Å². The molecule has 0 aromatic carbocycles. The lowest BCUT2D eigenvalue weighted by Crippen LogP contribution is -2.65. The van der Waals surface area contributed by atoms with Crippen LogP contribution in [-0.4, -0.2) is 53.2 Å². The van der Waals surface area contributed by atoms with Crippen LogP contribution >= 0.6 is 0 Å². The molecule has 0 radical (unpaired) electrons. The molecule has 0 aliphatic carbocycles. The molecule has 1 aromatic rings. The summed E-state index contributed by atoms with van der Waals surface area (Å²) in [6, 6.07) is 2.16. The minimum Gasteiger partial charge on any atom is -0.381 e. The van der Waals surface area contributed by atoms with E-state index in [1.807, 2.05) is 18.7 Å². The van der Waals surface area contributed by atoms with Gasteiger partial charge in [0.1, 0.15) is 0 Å². The van der Waals surface area contributed by atoms with E-state index in [9.17, 15) is 0 Å². The Morgan fingerprint density at radius 1 is 1.53 bits per heavy atom. The highest BCUT2D eigenvalue weighted by Gasteiger charge is 2.47. The second kappa shape index (κ2) is 4.89. The van der Waals surface area contributed by atoms with Gasteiger partial charge in [-0.25, -0.2) is 0 Å². The number of hydrogen-bond acceptors (Lipinski definition) is 4. The van der Waals surface area contributed by atoms with Gasteiger partial charge in [-0.3, -0.25) is 9.58 Å². The van der Waals surface area contributed by atoms with E-state index in [0.29, 0.717) is 6.10 Å². The number of aryl methyl sites for hydroxylation is 2. The van der Waals surface area contributed by atoms with Gasteiger partial charge in [-0.2, -0.15) is 5.10 Å². The van der Waals surface area contributed by atoms with Gasteiger partial charge >= 0.3 is 0 Å². The lowest BCUT2D eigenvalue weighted by Gasteiger charge is -2.53. The standard InChI is InChI=1S/C14H23N3O2/c1-11-6-12(16(2)15-11)8-17-9-14(10-17)7-13(18-3)4-5-19-14/h6,13H,4-5,7-10H2,1-3H3. The Hall–Kier alpha value is -0.910. The van der Waals surface area contributed by atoms with Gasteiger partial charge in [-0.1, -0.05) is 0 Å². The zero-order valence-electron chi connectivity index (χ0n) is 12.1. The van der Waals surface area contributed by atoms with Crippen LogP contribution in [0.5, 0.6) is 0 Å². The summed E-state index contributed by atoms with van der Waals surface area (Å²) in [5.74, 6) is 0. The average molecular weight is 265 g/mol. The monoisotopic (exact) mass is 265 g/mol. The van der Waals surface area contributed by atoms with Gasteiger partial charge < -0.3 is 9.47 Å². The molecule has 106 valence electrons. The van der Waals surface area contributed by atoms with Crippen LogP contribution in [0.15, 0.2) is 6.07 Å². The molecule has 5 heteroatoms. The van der Waals surface area contributed by atoms with Gasteiger partial charge in [0.2, 0.25) is 0 Å². The van der Waals surface area contributed by atoms with E-state index in [0.717, 1.165) is 44.8 Å². The van der Waals surface area contributed by atoms with E-state index in [4.69, 9.17) is 9.47 Å². The summed E-state index contributed by atoms with van der Waals surface area (Å²) in [7, 11) is 3.81. The summed E-state index contributed by atoms with van der Waals surface area (Å²) in [5, 5.41) is 4.39. The van der Waals surface area contributed by atoms with Crippen molar-refractivity contribution >= 4 is 0 Å². The predicted octanol–water partition coefficient (Wildman–Crippen LogP) is 1.11. The molecule has 0 bridgehead atoms. The second-order valence-corrected chi connectivity index (χ2v) is 5.93. The topological polar surface area (TPSA) is 39.5 Å². The van der Waals surface area contributed by atoms with E-state index < -0.39 is 0 Å². The Morgan fingerprint density at radius 3 is 2.95 bits per heavy atom. The Bertz CT molecular complexity index is 452. The molecule has 2 aliphatic rings. The summed E-state index contributed by atoms with van der Waals surface area (Å²) in [6.45, 7) is 5.85. The summed E-state index contributed by atoms with van der Waals surface area (Å²) in [4.78, 5) is 2.43. The lowest BCUT2D eigenvalue weighted by molar-refractivity contribution is -0.195. The first-order valence-corrected chi connectivity index (χ1v) is 6.99. The molecular weight excluding hydrogens is 242 g/mol. The van der Waals surface area contributed by atoms with Crippen molar-refractivity contribution in [3.63, 3.8) is 0 Å². The normalized spacial score (nSPS) is 26.6. The molecular formula is C14H23N3O2. The molecule has 0 N–H and O–H groups in total. The van der Waals surface area contributed by atoms with Crippen molar-refractivity contribution in [2.45, 2.75) is 38.0 Å². The first-order valence-electron chi connectivity index (χ1n) is 6.99. The van der Waals surface area contributed by atoms with Gasteiger partial charge in [0.25, 0.3) is 0 Å². The van der Waals surface area contributed by atoms with Crippen molar-refractivity contribution in [3.05, 3.63) is 17.5 Å². The van der Waals surface area contributed by atoms with Crippen LogP contribution in [0.2, 0.25) is 0 Å². The van der Waals surface area contributed by atoms with Crippen molar-refractivity contribution < 1.29 is 9.47 Å². The minimum absolute atomic E-state index is 0.0482. The maximum Gasteiger partial charge on any atom is 0.0959 e. The number of methoxy groups -OCH3 is 1. The smallest absolute Gasteiger partial charge is 0.0959 e. The highest BCUT2D eigenvalue weighted by molar-refractivity contribution is 5.11. The fourth-order valence-corrected chi connectivity index (χ4v) is 3.33. The highest BCUT2D eigenvalue weighted by atomic mass is 16.5. The number of ether oxygens (including phenoxy) is 2. The van der Waals surface area contributed by atoms with Crippen molar-refractivity contribution in [2.75, 3.05) is 26.8 Å². The highest BCUT2D eigenvalue weighted by Crippen LogP contribution is 2.35. The molecule has 0 amide bonds. The molecule has 1 unspecified atom stereocenters. The molecule has 0 saturated carbocycles. The SMILES string of the molecule is COC1CCOC2(C1)CN(Cc1cc(C)nn1C)C2. The molecule has 19 heavy (non-hydrogen) atoms. The third-order valence-corrected chi connectivity index (χ3v) is 4.29. The molecule has 2 saturated heterocycles. The first-order chi connectivity index (χ1) is 9.10. The Balaban J connectivity index is 1.56. The number of rotatable bonds is 3. The number of likely N-dealkylation sites (tertiary alicyclic amines) is 1. The largest absolute Gasteiger partial charge is 0.381 e. The molecule has 2 fully saturated rings. The Labute approximate surface area is 114 Å². The average Bonchev–Trinajstić information content (AvgIpc) is 2.66. The quantitative estimate of drug-likeness (QED) is 0.821. The molecule has 5 nitrogen and oxygen atoms in total. The third-order valence-electron chi connectivity index (χ3n) is 4.29. The summed E-state index contributed by atoms with van der Waals surface area (Å²) in [6.07, 6.45) is 2.43. The van der Waals surface area contributed by atoms with Crippen molar-refractivity contribution in [1.82, 2.24) is 14.7 Å². The fourth-order valence-electron chi connectivity index (χ4n) is 3.33. The van der Waals surface area contributed by atoms with E-state index in [1.54, 1.807) is 7.11 Å². The first kappa shape index (κ1) is 13.1. The maximum absolute atomic E-state index is 5.99. The molecule has 1 spiro atoms. The van der Waals surface area contributed by atoms with Crippen molar-refractivity contribution in [1.29, 1.82) is 0 Å². The van der Waals surface area contributed by atoms with Crippen LogP contribution in [0.3, 0.4) is 0 Å². The minimum atomic E-state index is 0.0482. The molecule has 1 aromatic heterocycles. The number of hydrogen-bond donors (Lipinski definition) is 0. The maximum atomic E-state index is 5.99. The zero-order valence-corrected chi connectivity index (χ0v) is 12.1. The summed E-state index contributed by atoms with van der Waals surface area (Å²) >= 11 is 0. The van der Waals surface area contributed by atoms with Crippen LogP contribution in [-0.2, 0) is 23.1 Å². The summed E-state index contributed by atoms with van der Waals surface area (Å²) in [5.41, 5.74) is 2.40. The molecule has 3 rings (SSSR count). The van der Waals surface area contributed by atoms with Crippen molar-refractivity contribution in [3.8, 4) is 0 Å². The van der Waals surface area contributed by atoms with E-state index >= 15 is 0 Å².